The first-order valence-electron chi connectivity index (χ1n) is 6.80. The van der Waals surface area contributed by atoms with Gasteiger partial charge in [0.25, 0.3) is 0 Å². The summed E-state index contributed by atoms with van der Waals surface area (Å²) in [4.78, 5) is 10.8. The van der Waals surface area contributed by atoms with Crippen molar-refractivity contribution in [2.45, 2.75) is 30.8 Å². The van der Waals surface area contributed by atoms with Crippen LogP contribution in [0, 0.1) is 0 Å². The largest absolute Gasteiger partial charge is 0.478 e. The molecule has 1 N–H and O–H groups in total. The van der Waals surface area contributed by atoms with Gasteiger partial charge in [-0.3, -0.25) is 0 Å². The van der Waals surface area contributed by atoms with E-state index in [0.29, 0.717) is 19.6 Å². The van der Waals surface area contributed by atoms with Crippen LogP contribution < -0.4 is 0 Å². The molecule has 1 saturated heterocycles. The summed E-state index contributed by atoms with van der Waals surface area (Å²) >= 11 is 5.99. The predicted octanol–water partition coefficient (Wildman–Crippen LogP) is 2.23. The molecule has 0 atom stereocenters. The van der Waals surface area contributed by atoms with E-state index >= 15 is 0 Å². The summed E-state index contributed by atoms with van der Waals surface area (Å²) in [6.45, 7) is 4.70. The average molecular weight is 348 g/mol. The summed E-state index contributed by atoms with van der Waals surface area (Å²) in [5, 5.41) is 8.83. The molecule has 1 fully saturated rings. The molecule has 0 saturated carbocycles. The predicted molar refractivity (Wildman–Crippen MR) is 81.8 cm³/mol. The van der Waals surface area contributed by atoms with Gasteiger partial charge in [0.2, 0.25) is 10.0 Å². The summed E-state index contributed by atoms with van der Waals surface area (Å²) in [5.74, 6) is -1.16. The molecule has 0 aliphatic carbocycles. The highest BCUT2D eigenvalue weighted by molar-refractivity contribution is 7.89. The van der Waals surface area contributed by atoms with Gasteiger partial charge in [-0.25, -0.2) is 13.2 Å². The van der Waals surface area contributed by atoms with Crippen molar-refractivity contribution in [3.05, 3.63) is 28.8 Å². The van der Waals surface area contributed by atoms with Crippen molar-refractivity contribution >= 4 is 27.6 Å². The Morgan fingerprint density at radius 1 is 1.41 bits per heavy atom. The number of hydrogen-bond donors (Lipinski definition) is 1. The first kappa shape index (κ1) is 17.2. The van der Waals surface area contributed by atoms with Gasteiger partial charge >= 0.3 is 5.97 Å². The number of ether oxygens (including phenoxy) is 1. The standard InChI is InChI=1S/C14H18ClNO5S/c1-14(2)9-16(6-3-7-21-14)22(19,20)12-5-4-10(13(17)18)8-11(12)15/h4-5,8H,3,6-7,9H2,1-2H3,(H,17,18). The van der Waals surface area contributed by atoms with E-state index < -0.39 is 21.6 Å². The molecular formula is C14H18ClNO5S. The lowest BCUT2D eigenvalue weighted by Gasteiger charge is -2.28. The first-order chi connectivity index (χ1) is 10.1. The smallest absolute Gasteiger partial charge is 0.335 e. The van der Waals surface area contributed by atoms with Crippen molar-refractivity contribution in [3.63, 3.8) is 0 Å². The number of carbonyl (C=O) groups is 1. The number of benzene rings is 1. The summed E-state index contributed by atoms with van der Waals surface area (Å²) in [6.07, 6.45) is 0.591. The molecule has 8 heteroatoms. The van der Waals surface area contributed by atoms with Gasteiger partial charge in [0.15, 0.2) is 0 Å². The Morgan fingerprint density at radius 3 is 2.68 bits per heavy atom. The maximum absolute atomic E-state index is 12.8. The Balaban J connectivity index is 2.39. The molecule has 1 heterocycles. The zero-order chi connectivity index (χ0) is 16.5. The Hall–Kier alpha value is -1.15. The molecule has 22 heavy (non-hydrogen) atoms. The monoisotopic (exact) mass is 347 g/mol. The molecule has 0 radical (unpaired) electrons. The van der Waals surface area contributed by atoms with Crippen LogP contribution in [0.25, 0.3) is 0 Å². The summed E-state index contributed by atoms with van der Waals surface area (Å²) in [5.41, 5.74) is -0.639. The number of halogens is 1. The van der Waals surface area contributed by atoms with Crippen molar-refractivity contribution in [1.29, 1.82) is 0 Å². The SMILES string of the molecule is CC1(C)CN(S(=O)(=O)c2ccc(C(=O)O)cc2Cl)CCCO1. The van der Waals surface area contributed by atoms with Gasteiger partial charge in [-0.15, -0.1) is 0 Å². The van der Waals surface area contributed by atoms with Crippen molar-refractivity contribution in [2.75, 3.05) is 19.7 Å². The van der Waals surface area contributed by atoms with Gasteiger partial charge in [0.05, 0.1) is 16.2 Å². The lowest BCUT2D eigenvalue weighted by Crippen LogP contribution is -2.41. The number of nitrogens with zero attached hydrogens (tertiary/aromatic N) is 1. The molecule has 1 aliphatic rings. The van der Waals surface area contributed by atoms with Crippen LogP contribution in [0.3, 0.4) is 0 Å². The Labute approximate surface area is 134 Å². The van der Waals surface area contributed by atoms with E-state index in [1.807, 2.05) is 13.8 Å². The third kappa shape index (κ3) is 3.60. The molecule has 0 amide bonds. The number of carboxylic acids is 1. The number of hydrogen-bond acceptors (Lipinski definition) is 4. The minimum atomic E-state index is -3.80. The highest BCUT2D eigenvalue weighted by Gasteiger charge is 2.34. The molecule has 1 aliphatic heterocycles. The van der Waals surface area contributed by atoms with Gasteiger partial charge < -0.3 is 9.84 Å². The lowest BCUT2D eigenvalue weighted by molar-refractivity contribution is -0.0100. The Morgan fingerprint density at radius 2 is 2.09 bits per heavy atom. The summed E-state index contributed by atoms with van der Waals surface area (Å²) in [7, 11) is -3.80. The van der Waals surface area contributed by atoms with Crippen molar-refractivity contribution in [3.8, 4) is 0 Å². The van der Waals surface area contributed by atoms with Crippen LogP contribution in [0.2, 0.25) is 5.02 Å². The van der Waals surface area contributed by atoms with Crippen molar-refractivity contribution < 1.29 is 23.1 Å². The second-order valence-corrected chi connectivity index (χ2v) is 8.06. The van der Waals surface area contributed by atoms with Crippen molar-refractivity contribution in [2.24, 2.45) is 0 Å². The number of sulfonamides is 1. The van der Waals surface area contributed by atoms with Gasteiger partial charge in [0.1, 0.15) is 4.90 Å². The van der Waals surface area contributed by atoms with Crippen LogP contribution in [0.4, 0.5) is 0 Å². The minimum absolute atomic E-state index is 0.0523. The number of rotatable bonds is 3. The molecule has 0 unspecified atom stereocenters. The lowest BCUT2D eigenvalue weighted by atomic mass is 10.1. The number of aromatic carboxylic acids is 1. The highest BCUT2D eigenvalue weighted by atomic mass is 35.5. The first-order valence-corrected chi connectivity index (χ1v) is 8.62. The fourth-order valence-corrected chi connectivity index (χ4v) is 4.47. The fourth-order valence-electron chi connectivity index (χ4n) is 2.33. The van der Waals surface area contributed by atoms with Crippen LogP contribution in [-0.2, 0) is 14.8 Å². The van der Waals surface area contributed by atoms with E-state index in [2.05, 4.69) is 0 Å². The molecule has 6 nitrogen and oxygen atoms in total. The van der Waals surface area contributed by atoms with Crippen LogP contribution in [0.1, 0.15) is 30.6 Å². The summed E-state index contributed by atoms with van der Waals surface area (Å²) in [6, 6.07) is 3.62. The Bertz CT molecular complexity index is 686. The van der Waals surface area contributed by atoms with Gasteiger partial charge in [-0.2, -0.15) is 4.31 Å². The normalized spacial score (nSPS) is 19.6. The molecule has 0 spiro atoms. The van der Waals surface area contributed by atoms with E-state index in [4.69, 9.17) is 21.4 Å². The zero-order valence-corrected chi connectivity index (χ0v) is 13.9. The van der Waals surface area contributed by atoms with Crippen LogP contribution >= 0.6 is 11.6 Å². The Kier molecular flexibility index (Phi) is 4.81. The second kappa shape index (κ2) is 6.16. The average Bonchev–Trinajstić information content (AvgIpc) is 2.59. The van der Waals surface area contributed by atoms with E-state index in [-0.39, 0.29) is 22.0 Å². The zero-order valence-electron chi connectivity index (χ0n) is 12.4. The van der Waals surface area contributed by atoms with Gasteiger partial charge in [-0.05, 0) is 38.5 Å². The van der Waals surface area contributed by atoms with E-state index in [9.17, 15) is 13.2 Å². The van der Waals surface area contributed by atoms with Crippen molar-refractivity contribution in [1.82, 2.24) is 4.31 Å². The van der Waals surface area contributed by atoms with Gasteiger partial charge in [0, 0.05) is 19.7 Å². The molecule has 122 valence electrons. The van der Waals surface area contributed by atoms with Crippen LogP contribution in [0.5, 0.6) is 0 Å². The molecule has 2 rings (SSSR count). The highest BCUT2D eigenvalue weighted by Crippen LogP contribution is 2.28. The second-order valence-electron chi connectivity index (χ2n) is 5.75. The topological polar surface area (TPSA) is 83.9 Å². The minimum Gasteiger partial charge on any atom is -0.478 e. The maximum Gasteiger partial charge on any atom is 0.335 e. The fraction of sp³-hybridized carbons (Fsp3) is 0.500. The summed E-state index contributed by atoms with van der Waals surface area (Å²) < 4.78 is 32.5. The number of carboxylic acid groups (broad SMARTS) is 1. The third-order valence-electron chi connectivity index (χ3n) is 3.40. The van der Waals surface area contributed by atoms with E-state index in [1.165, 1.54) is 16.4 Å². The quantitative estimate of drug-likeness (QED) is 0.906. The maximum atomic E-state index is 12.8. The third-order valence-corrected chi connectivity index (χ3v) is 5.73. The molecule has 0 aromatic heterocycles. The molecule has 1 aromatic carbocycles. The van der Waals surface area contributed by atoms with E-state index in [0.717, 1.165) is 6.07 Å². The molecule has 0 bridgehead atoms. The van der Waals surface area contributed by atoms with Crippen LogP contribution in [-0.4, -0.2) is 49.1 Å². The van der Waals surface area contributed by atoms with Crippen LogP contribution in [0.15, 0.2) is 23.1 Å². The molecule has 1 aromatic rings. The van der Waals surface area contributed by atoms with Gasteiger partial charge in [-0.1, -0.05) is 11.6 Å². The van der Waals surface area contributed by atoms with E-state index in [1.54, 1.807) is 0 Å². The molecular weight excluding hydrogens is 330 g/mol.